The number of nitrogens with zero attached hydrogens (tertiary/aromatic N) is 1. The zero-order valence-electron chi connectivity index (χ0n) is 13.8. The molecule has 0 unspecified atom stereocenters. The molecule has 1 aliphatic rings. The van der Waals surface area contributed by atoms with Crippen LogP contribution in [0.15, 0.2) is 35.2 Å². The second kappa shape index (κ2) is 7.45. The van der Waals surface area contributed by atoms with Gasteiger partial charge in [-0.1, -0.05) is 24.1 Å². The topological polar surface area (TPSA) is 66.5 Å². The molecule has 0 spiro atoms. The summed E-state index contributed by atoms with van der Waals surface area (Å²) in [5, 5.41) is 2.74. The molecule has 2 aromatic rings. The molecule has 0 saturated carbocycles. The van der Waals surface area contributed by atoms with Gasteiger partial charge in [0.05, 0.1) is 14.1 Å². The number of hydrogen-bond donors (Lipinski definition) is 1. The first-order valence-corrected chi connectivity index (χ1v) is 10.7. The van der Waals surface area contributed by atoms with Gasteiger partial charge in [0, 0.05) is 18.8 Å². The number of anilines is 1. The average molecular weight is 399 g/mol. The third-order valence-corrected chi connectivity index (χ3v) is 7.45. The van der Waals surface area contributed by atoms with Gasteiger partial charge in [-0.2, -0.15) is 4.31 Å². The summed E-state index contributed by atoms with van der Waals surface area (Å²) in [6.07, 6.45) is 2.83. The molecule has 1 N–H and O–H groups in total. The average Bonchev–Trinajstić information content (AvgIpc) is 3.04. The molecule has 1 aliphatic heterocycles. The van der Waals surface area contributed by atoms with Crippen molar-refractivity contribution in [1.29, 1.82) is 0 Å². The van der Waals surface area contributed by atoms with Crippen LogP contribution in [0.4, 0.5) is 5.69 Å². The van der Waals surface area contributed by atoms with E-state index in [4.69, 9.17) is 11.6 Å². The van der Waals surface area contributed by atoms with Gasteiger partial charge in [-0.25, -0.2) is 8.42 Å². The molecule has 134 valence electrons. The highest BCUT2D eigenvalue weighted by molar-refractivity contribution is 7.89. The molecular formula is C17H19ClN2O3S2. The quantitative estimate of drug-likeness (QED) is 0.841. The third kappa shape index (κ3) is 4.06. The Morgan fingerprint density at radius 2 is 1.88 bits per heavy atom. The Bertz CT molecular complexity index is 887. The molecule has 2 heterocycles. The number of halogens is 1. The number of carbonyl (C=O) groups is 1. The predicted octanol–water partition coefficient (Wildman–Crippen LogP) is 4.14. The van der Waals surface area contributed by atoms with Gasteiger partial charge < -0.3 is 5.32 Å². The number of nitrogens with one attached hydrogen (secondary N) is 1. The molecule has 0 aliphatic carbocycles. The number of thiophene rings is 1. The van der Waals surface area contributed by atoms with Crippen molar-refractivity contribution in [3.8, 4) is 0 Å². The van der Waals surface area contributed by atoms with Crippen LogP contribution in [-0.2, 0) is 10.0 Å². The molecule has 0 atom stereocenters. The van der Waals surface area contributed by atoms with E-state index in [0.29, 0.717) is 33.6 Å². The maximum absolute atomic E-state index is 12.9. The van der Waals surface area contributed by atoms with E-state index in [2.05, 4.69) is 5.32 Å². The van der Waals surface area contributed by atoms with Gasteiger partial charge in [-0.05, 0) is 49.6 Å². The van der Waals surface area contributed by atoms with Gasteiger partial charge in [0.1, 0.15) is 0 Å². The van der Waals surface area contributed by atoms with Crippen molar-refractivity contribution in [2.75, 3.05) is 18.4 Å². The van der Waals surface area contributed by atoms with Gasteiger partial charge >= 0.3 is 0 Å². The van der Waals surface area contributed by atoms with Crippen molar-refractivity contribution < 1.29 is 13.2 Å². The Morgan fingerprint density at radius 3 is 2.52 bits per heavy atom. The van der Waals surface area contributed by atoms with Crippen molar-refractivity contribution >= 4 is 44.6 Å². The van der Waals surface area contributed by atoms with E-state index in [1.54, 1.807) is 31.2 Å². The number of amides is 1. The highest BCUT2D eigenvalue weighted by Crippen LogP contribution is 2.27. The minimum Gasteiger partial charge on any atom is -0.321 e. The monoisotopic (exact) mass is 398 g/mol. The summed E-state index contributed by atoms with van der Waals surface area (Å²) in [6.45, 7) is 2.86. The Labute approximate surface area is 156 Å². The second-order valence-electron chi connectivity index (χ2n) is 6.00. The number of aryl methyl sites for hydroxylation is 1. The fraction of sp³-hybridized carbons (Fsp3) is 0.353. The van der Waals surface area contributed by atoms with E-state index in [-0.39, 0.29) is 10.8 Å². The van der Waals surface area contributed by atoms with Gasteiger partial charge in [0.2, 0.25) is 10.0 Å². The van der Waals surface area contributed by atoms with Crippen LogP contribution >= 0.6 is 22.9 Å². The standard InChI is InChI=1S/C17H19ClN2O3S2/c1-12-5-6-13(19-17(21)14-7-8-16(18)24-14)11-15(12)25(22,23)20-9-3-2-4-10-20/h5-8,11H,2-4,9-10H2,1H3,(H,19,21). The number of carbonyl (C=O) groups excluding carboxylic acids is 1. The van der Waals surface area contributed by atoms with Gasteiger partial charge in [0.15, 0.2) is 0 Å². The first-order valence-electron chi connectivity index (χ1n) is 8.05. The zero-order chi connectivity index (χ0) is 18.0. The first kappa shape index (κ1) is 18.4. The predicted molar refractivity (Wildman–Crippen MR) is 101 cm³/mol. The van der Waals surface area contributed by atoms with Crippen LogP contribution in [0.2, 0.25) is 4.34 Å². The number of piperidine rings is 1. The smallest absolute Gasteiger partial charge is 0.265 e. The van der Waals surface area contributed by atoms with Crippen LogP contribution in [-0.4, -0.2) is 31.7 Å². The largest absolute Gasteiger partial charge is 0.321 e. The molecule has 1 amide bonds. The molecule has 0 bridgehead atoms. The summed E-state index contributed by atoms with van der Waals surface area (Å²) in [5.74, 6) is -0.304. The number of hydrogen-bond acceptors (Lipinski definition) is 4. The van der Waals surface area contributed by atoms with E-state index in [9.17, 15) is 13.2 Å². The van der Waals surface area contributed by atoms with Crippen molar-refractivity contribution in [1.82, 2.24) is 4.31 Å². The first-order chi connectivity index (χ1) is 11.9. The lowest BCUT2D eigenvalue weighted by molar-refractivity contribution is 0.103. The second-order valence-corrected chi connectivity index (χ2v) is 9.62. The zero-order valence-corrected chi connectivity index (χ0v) is 16.2. The summed E-state index contributed by atoms with van der Waals surface area (Å²) in [6, 6.07) is 8.25. The lowest BCUT2D eigenvalue weighted by Gasteiger charge is -2.26. The van der Waals surface area contributed by atoms with Crippen LogP contribution in [0.1, 0.15) is 34.5 Å². The molecule has 1 aromatic heterocycles. The van der Waals surface area contributed by atoms with Crippen molar-refractivity contribution in [3.63, 3.8) is 0 Å². The molecule has 1 fully saturated rings. The van der Waals surface area contributed by atoms with Gasteiger partial charge in [-0.3, -0.25) is 4.79 Å². The molecule has 25 heavy (non-hydrogen) atoms. The van der Waals surface area contributed by atoms with E-state index >= 15 is 0 Å². The summed E-state index contributed by atoms with van der Waals surface area (Å²) < 4.78 is 27.9. The highest BCUT2D eigenvalue weighted by atomic mass is 35.5. The molecule has 1 aromatic carbocycles. The van der Waals surface area contributed by atoms with E-state index < -0.39 is 10.0 Å². The minimum atomic E-state index is -3.55. The van der Waals surface area contributed by atoms with Crippen LogP contribution in [0.3, 0.4) is 0 Å². The molecule has 3 rings (SSSR count). The van der Waals surface area contributed by atoms with Crippen molar-refractivity contribution in [2.45, 2.75) is 31.1 Å². The molecule has 8 heteroatoms. The third-order valence-electron chi connectivity index (χ3n) is 4.18. The number of sulfonamides is 1. The maximum atomic E-state index is 12.9. The van der Waals surface area contributed by atoms with Crippen LogP contribution in [0, 0.1) is 6.92 Å². The molecule has 5 nitrogen and oxygen atoms in total. The maximum Gasteiger partial charge on any atom is 0.265 e. The fourth-order valence-electron chi connectivity index (χ4n) is 2.83. The SMILES string of the molecule is Cc1ccc(NC(=O)c2ccc(Cl)s2)cc1S(=O)(=O)N1CCCCC1. The summed E-state index contributed by atoms with van der Waals surface area (Å²) in [4.78, 5) is 13.0. The van der Waals surface area contributed by atoms with Crippen LogP contribution in [0.5, 0.6) is 0 Å². The fourth-order valence-corrected chi connectivity index (χ4v) is 5.54. The number of benzene rings is 1. The summed E-state index contributed by atoms with van der Waals surface area (Å²) in [7, 11) is -3.55. The van der Waals surface area contributed by atoms with E-state index in [1.807, 2.05) is 0 Å². The van der Waals surface area contributed by atoms with Crippen molar-refractivity contribution in [3.05, 3.63) is 45.1 Å². The van der Waals surface area contributed by atoms with Crippen LogP contribution in [0.25, 0.3) is 0 Å². The highest BCUT2D eigenvalue weighted by Gasteiger charge is 2.27. The summed E-state index contributed by atoms with van der Waals surface area (Å²) >= 11 is 7.03. The molecule has 1 saturated heterocycles. The van der Waals surface area contributed by atoms with Gasteiger partial charge in [-0.15, -0.1) is 11.3 Å². The Balaban J connectivity index is 1.86. The molecular weight excluding hydrogens is 380 g/mol. The summed E-state index contributed by atoms with van der Waals surface area (Å²) in [5.41, 5.74) is 1.12. The normalized spacial score (nSPS) is 15.9. The lowest BCUT2D eigenvalue weighted by Crippen LogP contribution is -2.36. The van der Waals surface area contributed by atoms with E-state index in [0.717, 1.165) is 19.3 Å². The Kier molecular flexibility index (Phi) is 5.48. The minimum absolute atomic E-state index is 0.247. The number of rotatable bonds is 4. The van der Waals surface area contributed by atoms with E-state index in [1.165, 1.54) is 21.7 Å². The van der Waals surface area contributed by atoms with Gasteiger partial charge in [0.25, 0.3) is 5.91 Å². The molecule has 0 radical (unpaired) electrons. The van der Waals surface area contributed by atoms with Crippen LogP contribution < -0.4 is 5.32 Å². The Morgan fingerprint density at radius 1 is 1.16 bits per heavy atom. The van der Waals surface area contributed by atoms with Crippen molar-refractivity contribution in [2.24, 2.45) is 0 Å². The Hall–Kier alpha value is -1.41. The lowest BCUT2D eigenvalue weighted by atomic mass is 10.2.